The van der Waals surface area contributed by atoms with Crippen LogP contribution in [0.25, 0.3) is 6.08 Å². The van der Waals surface area contributed by atoms with Crippen LogP contribution in [-0.2, 0) is 12.7 Å². The summed E-state index contributed by atoms with van der Waals surface area (Å²) < 4.78 is 38.6. The minimum atomic E-state index is -4.36. The number of anilines is 1. The molecule has 2 aromatic rings. The number of alkyl halides is 3. The molecule has 6 heteroatoms. The molecular weight excluding hydrogens is 327 g/mol. The van der Waals surface area contributed by atoms with Gasteiger partial charge in [-0.15, -0.1) is 0 Å². The molecule has 4 rings (SSSR count). The predicted molar refractivity (Wildman–Crippen MR) is 91.1 cm³/mol. The Hall–Kier alpha value is -2.34. The third-order valence-corrected chi connectivity index (χ3v) is 4.74. The molecule has 0 aliphatic carbocycles. The van der Waals surface area contributed by atoms with Gasteiger partial charge in [-0.3, -0.25) is 4.90 Å². The molecule has 1 aromatic heterocycles. The van der Waals surface area contributed by atoms with Crippen molar-refractivity contribution in [3.05, 3.63) is 65.4 Å². The third-order valence-electron chi connectivity index (χ3n) is 4.74. The Labute approximate surface area is 144 Å². The number of rotatable bonds is 2. The highest BCUT2D eigenvalue weighted by atomic mass is 19.4. The molecule has 1 fully saturated rings. The molecule has 25 heavy (non-hydrogen) atoms. The van der Waals surface area contributed by atoms with Crippen molar-refractivity contribution in [1.29, 1.82) is 0 Å². The van der Waals surface area contributed by atoms with Crippen molar-refractivity contribution in [2.45, 2.75) is 18.8 Å². The second-order valence-corrected chi connectivity index (χ2v) is 6.48. The number of hydrogen-bond donors (Lipinski definition) is 0. The first-order chi connectivity index (χ1) is 12.0. The van der Waals surface area contributed by atoms with Gasteiger partial charge in [0.2, 0.25) is 0 Å². The average molecular weight is 345 g/mol. The molecule has 1 aromatic carbocycles. The maximum Gasteiger partial charge on any atom is 0.417 e. The lowest BCUT2D eigenvalue weighted by Gasteiger charge is -2.43. The van der Waals surface area contributed by atoms with Crippen molar-refractivity contribution in [1.82, 2.24) is 9.88 Å². The van der Waals surface area contributed by atoms with E-state index in [-0.39, 0.29) is 6.04 Å². The van der Waals surface area contributed by atoms with Crippen LogP contribution in [0, 0.1) is 0 Å². The quantitative estimate of drug-likeness (QED) is 0.825. The molecule has 0 saturated carbocycles. The minimum Gasteiger partial charge on any atom is -0.347 e. The van der Waals surface area contributed by atoms with Gasteiger partial charge in [0.15, 0.2) is 0 Å². The molecule has 1 atom stereocenters. The number of nitrogens with zero attached hydrogens (tertiary/aromatic N) is 3. The van der Waals surface area contributed by atoms with Crippen molar-refractivity contribution in [2.24, 2.45) is 0 Å². The van der Waals surface area contributed by atoms with E-state index in [1.165, 1.54) is 11.6 Å². The zero-order chi connectivity index (χ0) is 17.4. The lowest BCUT2D eigenvalue weighted by Crippen LogP contribution is -2.53. The topological polar surface area (TPSA) is 19.4 Å². The van der Waals surface area contributed by atoms with Crippen LogP contribution in [-0.4, -0.2) is 35.6 Å². The zero-order valence-electron chi connectivity index (χ0n) is 13.6. The smallest absolute Gasteiger partial charge is 0.347 e. The van der Waals surface area contributed by atoms with E-state index >= 15 is 0 Å². The maximum absolute atomic E-state index is 12.9. The van der Waals surface area contributed by atoms with E-state index in [9.17, 15) is 13.2 Å². The summed E-state index contributed by atoms with van der Waals surface area (Å²) in [6.07, 6.45) is 0.332. The van der Waals surface area contributed by atoms with Crippen LogP contribution in [0.15, 0.2) is 48.7 Å². The summed E-state index contributed by atoms with van der Waals surface area (Å²) in [5, 5.41) is 0. The second-order valence-electron chi connectivity index (χ2n) is 6.48. The van der Waals surface area contributed by atoms with Crippen LogP contribution in [0.4, 0.5) is 19.0 Å². The first-order valence-corrected chi connectivity index (χ1v) is 8.29. The van der Waals surface area contributed by atoms with E-state index in [2.05, 4.69) is 26.9 Å². The van der Waals surface area contributed by atoms with E-state index in [0.717, 1.165) is 32.4 Å². The Morgan fingerprint density at radius 1 is 1.12 bits per heavy atom. The van der Waals surface area contributed by atoms with Gasteiger partial charge in [0, 0.05) is 37.9 Å². The van der Waals surface area contributed by atoms with Gasteiger partial charge in [0.1, 0.15) is 5.82 Å². The largest absolute Gasteiger partial charge is 0.417 e. The molecule has 3 heterocycles. The van der Waals surface area contributed by atoms with Crippen LogP contribution >= 0.6 is 0 Å². The summed E-state index contributed by atoms with van der Waals surface area (Å²) in [7, 11) is 0. The molecule has 0 bridgehead atoms. The van der Waals surface area contributed by atoms with Gasteiger partial charge in [-0.2, -0.15) is 13.2 Å². The SMILES string of the molecule is FC(F)(F)c1cnc2c(c1)C=CC1CN(Cc3ccccc3)CCN21. The van der Waals surface area contributed by atoms with Crippen LogP contribution in [0.5, 0.6) is 0 Å². The number of pyridine rings is 1. The number of benzene rings is 1. The summed E-state index contributed by atoms with van der Waals surface area (Å²) in [5.41, 5.74) is 1.11. The first kappa shape index (κ1) is 16.1. The Morgan fingerprint density at radius 2 is 1.92 bits per heavy atom. The van der Waals surface area contributed by atoms with Gasteiger partial charge in [-0.25, -0.2) is 4.98 Å². The first-order valence-electron chi connectivity index (χ1n) is 8.29. The van der Waals surface area contributed by atoms with Crippen molar-refractivity contribution < 1.29 is 13.2 Å². The van der Waals surface area contributed by atoms with E-state index < -0.39 is 11.7 Å². The summed E-state index contributed by atoms with van der Waals surface area (Å²) in [6.45, 7) is 3.34. The highest BCUT2D eigenvalue weighted by Crippen LogP contribution is 2.35. The normalized spacial score (nSPS) is 20.3. The van der Waals surface area contributed by atoms with Gasteiger partial charge in [-0.05, 0) is 11.6 Å². The van der Waals surface area contributed by atoms with Crippen LogP contribution < -0.4 is 4.90 Å². The minimum absolute atomic E-state index is 0.147. The fourth-order valence-electron chi connectivity index (χ4n) is 3.49. The summed E-state index contributed by atoms with van der Waals surface area (Å²) in [5.74, 6) is 0.653. The van der Waals surface area contributed by atoms with Gasteiger partial charge < -0.3 is 4.90 Å². The standard InChI is InChI=1S/C19H18F3N3/c20-19(21,22)16-10-15-6-7-17-13-24(12-14-4-2-1-3-5-14)8-9-25(17)18(15)23-11-16/h1-7,10-11,17H,8-9,12-13H2. The lowest BCUT2D eigenvalue weighted by molar-refractivity contribution is -0.137. The molecule has 0 amide bonds. The molecule has 3 nitrogen and oxygen atoms in total. The van der Waals surface area contributed by atoms with Crippen molar-refractivity contribution in [3.63, 3.8) is 0 Å². The predicted octanol–water partition coefficient (Wildman–Crippen LogP) is 3.82. The van der Waals surface area contributed by atoms with Crippen LogP contribution in [0.3, 0.4) is 0 Å². The molecule has 1 saturated heterocycles. The van der Waals surface area contributed by atoms with Gasteiger partial charge in [0.05, 0.1) is 11.6 Å². The Kier molecular flexibility index (Phi) is 4.00. The van der Waals surface area contributed by atoms with Crippen LogP contribution in [0.2, 0.25) is 0 Å². The molecule has 0 radical (unpaired) electrons. The highest BCUT2D eigenvalue weighted by Gasteiger charge is 2.34. The molecular formula is C19H18F3N3. The van der Waals surface area contributed by atoms with E-state index in [1.54, 1.807) is 6.08 Å². The summed E-state index contributed by atoms with van der Waals surface area (Å²) >= 11 is 0. The number of piperazine rings is 1. The van der Waals surface area contributed by atoms with E-state index in [4.69, 9.17) is 0 Å². The average Bonchev–Trinajstić information content (AvgIpc) is 2.61. The third kappa shape index (κ3) is 3.26. The summed E-state index contributed by atoms with van der Waals surface area (Å²) in [6, 6.07) is 11.6. The van der Waals surface area contributed by atoms with Crippen molar-refractivity contribution in [3.8, 4) is 0 Å². The molecule has 0 N–H and O–H groups in total. The Balaban J connectivity index is 1.51. The number of fused-ring (bicyclic) bond motifs is 3. The summed E-state index contributed by atoms with van der Waals surface area (Å²) in [4.78, 5) is 8.59. The second kappa shape index (κ2) is 6.19. The molecule has 1 unspecified atom stereocenters. The van der Waals surface area contributed by atoms with E-state index in [1.807, 2.05) is 24.3 Å². The maximum atomic E-state index is 12.9. The fraction of sp³-hybridized carbons (Fsp3) is 0.316. The fourth-order valence-corrected chi connectivity index (χ4v) is 3.49. The van der Waals surface area contributed by atoms with Gasteiger partial charge in [-0.1, -0.05) is 42.5 Å². The monoisotopic (exact) mass is 345 g/mol. The highest BCUT2D eigenvalue weighted by molar-refractivity contribution is 5.70. The number of aromatic nitrogens is 1. The number of hydrogen-bond acceptors (Lipinski definition) is 3. The molecule has 0 spiro atoms. The lowest BCUT2D eigenvalue weighted by atomic mass is 10.0. The van der Waals surface area contributed by atoms with Gasteiger partial charge in [0.25, 0.3) is 0 Å². The zero-order valence-corrected chi connectivity index (χ0v) is 13.6. The Bertz CT molecular complexity index is 786. The van der Waals surface area contributed by atoms with Crippen molar-refractivity contribution >= 4 is 11.9 Å². The van der Waals surface area contributed by atoms with Crippen molar-refractivity contribution in [2.75, 3.05) is 24.5 Å². The molecule has 130 valence electrons. The van der Waals surface area contributed by atoms with Gasteiger partial charge >= 0.3 is 6.18 Å². The molecule has 2 aliphatic rings. The van der Waals surface area contributed by atoms with E-state index in [0.29, 0.717) is 11.4 Å². The molecule has 2 aliphatic heterocycles. The number of halogens is 3. The van der Waals surface area contributed by atoms with Crippen LogP contribution in [0.1, 0.15) is 16.7 Å². The Morgan fingerprint density at radius 3 is 2.68 bits per heavy atom.